The summed E-state index contributed by atoms with van der Waals surface area (Å²) in [4.78, 5) is 39.3. The van der Waals surface area contributed by atoms with Gasteiger partial charge in [-0.25, -0.2) is 0 Å². The highest BCUT2D eigenvalue weighted by atomic mass is 16.2. The molecule has 4 rings (SSSR count). The first-order valence-electron chi connectivity index (χ1n) is 11.7. The summed E-state index contributed by atoms with van der Waals surface area (Å²) in [6, 6.07) is 13.6. The molecule has 0 bridgehead atoms. The summed E-state index contributed by atoms with van der Waals surface area (Å²) in [5, 5.41) is 4.32. The number of aromatic nitrogens is 1. The lowest BCUT2D eigenvalue weighted by molar-refractivity contribution is -0.127. The number of carbonyl (C=O) groups is 2. The van der Waals surface area contributed by atoms with E-state index in [9.17, 15) is 14.4 Å². The van der Waals surface area contributed by atoms with Crippen LogP contribution in [0.3, 0.4) is 0 Å². The Morgan fingerprint density at radius 1 is 1.03 bits per heavy atom. The van der Waals surface area contributed by atoms with Gasteiger partial charge < -0.3 is 14.8 Å². The minimum atomic E-state index is -0.0772. The van der Waals surface area contributed by atoms with E-state index in [1.165, 1.54) is 16.7 Å². The number of nitrogens with zero attached hydrogens (tertiary/aromatic N) is 2. The third kappa shape index (κ3) is 5.33. The number of hydrogen-bond donors (Lipinski definition) is 1. The fraction of sp³-hybridized carbons (Fsp3) is 0.370. The van der Waals surface area contributed by atoms with Gasteiger partial charge in [-0.2, -0.15) is 0 Å². The molecule has 1 aromatic heterocycles. The Balaban J connectivity index is 1.41. The van der Waals surface area contributed by atoms with Crippen molar-refractivity contribution in [2.75, 3.05) is 18.4 Å². The normalized spacial score (nSPS) is 13.6. The highest BCUT2D eigenvalue weighted by molar-refractivity contribution is 6.01. The lowest BCUT2D eigenvalue weighted by Gasteiger charge is -2.16. The number of nitrogens with one attached hydrogen (secondary N) is 1. The van der Waals surface area contributed by atoms with E-state index in [2.05, 4.69) is 37.4 Å². The predicted octanol–water partition coefficient (Wildman–Crippen LogP) is 4.20. The second kappa shape index (κ2) is 10.0. The first-order chi connectivity index (χ1) is 15.9. The van der Waals surface area contributed by atoms with Crippen molar-refractivity contribution in [1.29, 1.82) is 0 Å². The first-order valence-corrected chi connectivity index (χ1v) is 11.7. The molecule has 2 amide bonds. The van der Waals surface area contributed by atoms with Gasteiger partial charge in [-0.05, 0) is 62.4 Å². The third-order valence-electron chi connectivity index (χ3n) is 6.41. The van der Waals surface area contributed by atoms with Gasteiger partial charge in [0.25, 0.3) is 5.56 Å². The zero-order valence-electron chi connectivity index (χ0n) is 19.4. The number of fused-ring (bicyclic) bond motifs is 1. The van der Waals surface area contributed by atoms with Crippen molar-refractivity contribution in [3.8, 4) is 0 Å². The maximum atomic E-state index is 13.0. The van der Waals surface area contributed by atoms with Gasteiger partial charge in [-0.15, -0.1) is 0 Å². The van der Waals surface area contributed by atoms with E-state index >= 15 is 0 Å². The Labute approximate surface area is 194 Å². The molecule has 3 aromatic rings. The summed E-state index contributed by atoms with van der Waals surface area (Å²) in [6.07, 6.45) is 5.14. The van der Waals surface area contributed by atoms with Gasteiger partial charge in [-0.1, -0.05) is 29.8 Å². The second-order valence-electron chi connectivity index (χ2n) is 8.90. The molecule has 1 fully saturated rings. The Kier molecular flexibility index (Phi) is 6.92. The molecule has 0 radical (unpaired) electrons. The number of pyridine rings is 1. The van der Waals surface area contributed by atoms with E-state index < -0.39 is 0 Å². The summed E-state index contributed by atoms with van der Waals surface area (Å²) in [5.41, 5.74) is 4.16. The van der Waals surface area contributed by atoms with Crippen molar-refractivity contribution in [2.45, 2.75) is 52.5 Å². The number of rotatable bonds is 8. The number of likely N-dealkylation sites (tertiary alicyclic amines) is 1. The summed E-state index contributed by atoms with van der Waals surface area (Å²) in [5.74, 6) is 0.140. The summed E-state index contributed by atoms with van der Waals surface area (Å²) in [6.45, 7) is 6.19. The fourth-order valence-corrected chi connectivity index (χ4v) is 4.56. The highest BCUT2D eigenvalue weighted by Gasteiger charge is 2.19. The Hall–Kier alpha value is -3.41. The molecule has 1 aliphatic rings. The van der Waals surface area contributed by atoms with Crippen LogP contribution in [-0.4, -0.2) is 34.4 Å². The molecule has 1 saturated heterocycles. The van der Waals surface area contributed by atoms with Crippen LogP contribution in [0.25, 0.3) is 10.8 Å². The SMILES string of the molecule is Cc1ccc(CCC(=O)Nc2cccc3c(=O)n(CCCN4CCCC4=O)ccc23)c(C)c1. The molecule has 2 heterocycles. The highest BCUT2D eigenvalue weighted by Crippen LogP contribution is 2.22. The molecular weight excluding hydrogens is 414 g/mol. The standard InChI is InChI=1S/C27H31N3O3/c1-19-9-10-21(20(2)18-19)11-12-25(31)28-24-7-3-6-23-22(24)13-17-30(27(23)33)16-5-15-29-14-4-8-26(29)32/h3,6-7,9-10,13,17-18H,4-5,8,11-12,14-16H2,1-2H3,(H,28,31). The van der Waals surface area contributed by atoms with E-state index in [-0.39, 0.29) is 17.4 Å². The van der Waals surface area contributed by atoms with Crippen LogP contribution in [0.2, 0.25) is 0 Å². The first kappa shape index (κ1) is 22.8. The van der Waals surface area contributed by atoms with Crippen LogP contribution in [0.5, 0.6) is 0 Å². The molecule has 1 aliphatic heterocycles. The van der Waals surface area contributed by atoms with Crippen molar-refractivity contribution < 1.29 is 9.59 Å². The van der Waals surface area contributed by atoms with Gasteiger partial charge in [-0.3, -0.25) is 14.4 Å². The number of aryl methyl sites for hydroxylation is 4. The molecule has 0 spiro atoms. The number of carbonyl (C=O) groups excluding carboxylic acids is 2. The topological polar surface area (TPSA) is 71.4 Å². The summed E-state index contributed by atoms with van der Waals surface area (Å²) in [7, 11) is 0. The van der Waals surface area contributed by atoms with E-state index in [0.29, 0.717) is 43.4 Å². The Bertz CT molecular complexity index is 1250. The van der Waals surface area contributed by atoms with Gasteiger partial charge in [0.1, 0.15) is 0 Å². The fourth-order valence-electron chi connectivity index (χ4n) is 4.56. The van der Waals surface area contributed by atoms with Crippen LogP contribution in [0.1, 0.15) is 42.4 Å². The molecule has 0 aliphatic carbocycles. The van der Waals surface area contributed by atoms with E-state index in [1.54, 1.807) is 22.9 Å². The van der Waals surface area contributed by atoms with Gasteiger partial charge in [0, 0.05) is 55.1 Å². The van der Waals surface area contributed by atoms with Gasteiger partial charge in [0.15, 0.2) is 0 Å². The van der Waals surface area contributed by atoms with Crippen molar-refractivity contribution in [1.82, 2.24) is 9.47 Å². The molecule has 33 heavy (non-hydrogen) atoms. The van der Waals surface area contributed by atoms with Gasteiger partial charge in [0.2, 0.25) is 11.8 Å². The van der Waals surface area contributed by atoms with Crippen LogP contribution in [0.15, 0.2) is 53.5 Å². The average molecular weight is 446 g/mol. The molecule has 6 nitrogen and oxygen atoms in total. The number of hydrogen-bond acceptors (Lipinski definition) is 3. The van der Waals surface area contributed by atoms with Gasteiger partial charge >= 0.3 is 0 Å². The molecule has 6 heteroatoms. The number of anilines is 1. The smallest absolute Gasteiger partial charge is 0.258 e. The largest absolute Gasteiger partial charge is 0.343 e. The maximum Gasteiger partial charge on any atom is 0.258 e. The zero-order chi connectivity index (χ0) is 23.4. The molecule has 0 saturated carbocycles. The molecule has 1 N–H and O–H groups in total. The molecule has 0 atom stereocenters. The third-order valence-corrected chi connectivity index (χ3v) is 6.41. The molecule has 172 valence electrons. The number of benzene rings is 2. The quantitative estimate of drug-likeness (QED) is 0.565. The summed E-state index contributed by atoms with van der Waals surface area (Å²) >= 11 is 0. The maximum absolute atomic E-state index is 13.0. The minimum absolute atomic E-state index is 0.0677. The van der Waals surface area contributed by atoms with Crippen LogP contribution in [0, 0.1) is 13.8 Å². The predicted molar refractivity (Wildman–Crippen MR) is 132 cm³/mol. The lowest BCUT2D eigenvalue weighted by atomic mass is 10.0. The molecule has 2 aromatic carbocycles. The molecule has 0 unspecified atom stereocenters. The Morgan fingerprint density at radius 2 is 1.88 bits per heavy atom. The Morgan fingerprint density at radius 3 is 2.64 bits per heavy atom. The van der Waals surface area contributed by atoms with Crippen molar-refractivity contribution in [2.24, 2.45) is 0 Å². The average Bonchev–Trinajstić information content (AvgIpc) is 3.20. The van der Waals surface area contributed by atoms with E-state index in [1.807, 2.05) is 17.0 Å². The van der Waals surface area contributed by atoms with E-state index in [4.69, 9.17) is 0 Å². The van der Waals surface area contributed by atoms with E-state index in [0.717, 1.165) is 24.8 Å². The minimum Gasteiger partial charge on any atom is -0.343 e. The van der Waals surface area contributed by atoms with Crippen LogP contribution >= 0.6 is 0 Å². The van der Waals surface area contributed by atoms with Crippen molar-refractivity contribution >= 4 is 28.3 Å². The summed E-state index contributed by atoms with van der Waals surface area (Å²) < 4.78 is 1.69. The second-order valence-corrected chi connectivity index (χ2v) is 8.90. The molecular formula is C27H31N3O3. The van der Waals surface area contributed by atoms with Crippen molar-refractivity contribution in [3.05, 3.63) is 75.7 Å². The van der Waals surface area contributed by atoms with Crippen LogP contribution in [-0.2, 0) is 22.6 Å². The van der Waals surface area contributed by atoms with Crippen molar-refractivity contribution in [3.63, 3.8) is 0 Å². The monoisotopic (exact) mass is 445 g/mol. The zero-order valence-corrected chi connectivity index (χ0v) is 19.4. The van der Waals surface area contributed by atoms with Gasteiger partial charge in [0.05, 0.1) is 0 Å². The van der Waals surface area contributed by atoms with Crippen LogP contribution in [0.4, 0.5) is 5.69 Å². The van der Waals surface area contributed by atoms with Crippen LogP contribution < -0.4 is 10.9 Å². The number of amides is 2. The lowest BCUT2D eigenvalue weighted by Crippen LogP contribution is -2.28.